The molecule has 0 fully saturated rings. The summed E-state index contributed by atoms with van der Waals surface area (Å²) >= 11 is 3.19. The number of carbonyl (C=O) groups excluding carboxylic acids is 2. The number of nitrogens with zero attached hydrogens (tertiary/aromatic N) is 1. The third kappa shape index (κ3) is 5.32. The highest BCUT2D eigenvalue weighted by molar-refractivity contribution is 9.10. The number of phenolic OH excluding ortho intramolecular Hbond substituents is 1. The molecule has 0 saturated carbocycles. The smallest absolute Gasteiger partial charge is 0.252 e. The number of phenols is 1. The average molecular weight is 420 g/mol. The Bertz CT molecular complexity index is 822. The maximum atomic E-state index is 12.1. The Morgan fingerprint density at radius 1 is 1.19 bits per heavy atom. The van der Waals surface area contributed by atoms with Crippen LogP contribution >= 0.6 is 15.9 Å². The van der Waals surface area contributed by atoms with E-state index in [4.69, 9.17) is 4.74 Å². The van der Waals surface area contributed by atoms with Gasteiger partial charge in [-0.2, -0.15) is 5.10 Å². The van der Waals surface area contributed by atoms with Crippen molar-refractivity contribution in [1.29, 1.82) is 0 Å². The normalized spacial score (nSPS) is 11.8. The van der Waals surface area contributed by atoms with Crippen molar-refractivity contribution in [2.45, 2.75) is 6.92 Å². The highest BCUT2D eigenvalue weighted by Gasteiger charge is 2.21. The van der Waals surface area contributed by atoms with E-state index >= 15 is 0 Å². The first kappa shape index (κ1) is 19.5. The van der Waals surface area contributed by atoms with Crippen molar-refractivity contribution >= 4 is 39.6 Å². The Labute approximate surface area is 159 Å². The van der Waals surface area contributed by atoms with Gasteiger partial charge >= 0.3 is 0 Å². The summed E-state index contributed by atoms with van der Waals surface area (Å²) in [5, 5.41) is 15.9. The number of ether oxygens (including phenoxy) is 1. The van der Waals surface area contributed by atoms with Crippen LogP contribution < -0.4 is 15.5 Å². The zero-order chi connectivity index (χ0) is 19.1. The number of amides is 2. The lowest BCUT2D eigenvalue weighted by Crippen LogP contribution is -2.34. The van der Waals surface area contributed by atoms with Crippen LogP contribution in [0.4, 0.5) is 5.69 Å². The molecule has 2 rings (SSSR count). The van der Waals surface area contributed by atoms with Crippen LogP contribution in [0.5, 0.6) is 11.5 Å². The molecule has 26 heavy (non-hydrogen) atoms. The van der Waals surface area contributed by atoms with E-state index in [0.717, 1.165) is 0 Å². The van der Waals surface area contributed by atoms with Crippen molar-refractivity contribution in [1.82, 2.24) is 5.43 Å². The highest BCUT2D eigenvalue weighted by atomic mass is 79.9. The topological polar surface area (TPSA) is 100 Å². The summed E-state index contributed by atoms with van der Waals surface area (Å²) in [5.41, 5.74) is 3.56. The van der Waals surface area contributed by atoms with Crippen molar-refractivity contribution in [2.75, 3.05) is 12.4 Å². The quantitative estimate of drug-likeness (QED) is 0.380. The van der Waals surface area contributed by atoms with Gasteiger partial charge in [0.25, 0.3) is 5.91 Å². The van der Waals surface area contributed by atoms with Gasteiger partial charge in [0.05, 0.1) is 17.8 Å². The second kappa shape index (κ2) is 9.00. The Balaban J connectivity index is 1.89. The summed E-state index contributed by atoms with van der Waals surface area (Å²) in [5.74, 6) is -1.14. The molecule has 0 aliphatic carbocycles. The molecule has 0 radical (unpaired) electrons. The lowest BCUT2D eigenvalue weighted by Gasteiger charge is -2.11. The zero-order valence-corrected chi connectivity index (χ0v) is 15.8. The van der Waals surface area contributed by atoms with E-state index in [1.54, 1.807) is 43.5 Å². The van der Waals surface area contributed by atoms with Crippen LogP contribution in [-0.2, 0) is 9.59 Å². The largest absolute Gasteiger partial charge is 0.507 e. The molecule has 7 nitrogen and oxygen atoms in total. The number of carbonyl (C=O) groups is 2. The van der Waals surface area contributed by atoms with Crippen molar-refractivity contribution in [3.63, 3.8) is 0 Å². The van der Waals surface area contributed by atoms with E-state index in [0.29, 0.717) is 21.5 Å². The second-order valence-corrected chi connectivity index (χ2v) is 6.24. The lowest BCUT2D eigenvalue weighted by molar-refractivity contribution is -0.131. The first-order valence-corrected chi connectivity index (χ1v) is 8.46. The summed E-state index contributed by atoms with van der Waals surface area (Å²) in [4.78, 5) is 24.2. The number of anilines is 1. The molecule has 0 aliphatic rings. The monoisotopic (exact) mass is 419 g/mol. The Morgan fingerprint density at radius 2 is 1.88 bits per heavy atom. The molecule has 2 aromatic carbocycles. The van der Waals surface area contributed by atoms with Gasteiger partial charge in [0, 0.05) is 5.69 Å². The minimum Gasteiger partial charge on any atom is -0.507 e. The van der Waals surface area contributed by atoms with Crippen LogP contribution in [-0.4, -0.2) is 30.2 Å². The summed E-state index contributed by atoms with van der Waals surface area (Å²) in [6.45, 7) is 1.49. The van der Waals surface area contributed by atoms with Crippen LogP contribution in [0.2, 0.25) is 0 Å². The third-order valence-electron chi connectivity index (χ3n) is 3.50. The fourth-order valence-electron chi connectivity index (χ4n) is 1.91. The number of hydrogen-bond acceptors (Lipinski definition) is 5. The standard InChI is InChI=1S/C18H18BrN3O4/c1-11(17(24)21-13-4-6-14(26-2)7-5-13)18(25)22-20-10-12-3-8-16(23)15(19)9-12/h3-11,23H,1-2H3,(H,21,24)(H,22,25)/b20-10+. The van der Waals surface area contributed by atoms with E-state index in [9.17, 15) is 14.7 Å². The molecule has 2 aromatic rings. The minimum absolute atomic E-state index is 0.106. The van der Waals surface area contributed by atoms with E-state index < -0.39 is 17.7 Å². The Hall–Kier alpha value is -2.87. The molecule has 2 amide bonds. The van der Waals surface area contributed by atoms with Gasteiger partial charge in [-0.25, -0.2) is 5.43 Å². The predicted octanol–water partition coefficient (Wildman–Crippen LogP) is 2.89. The first-order chi connectivity index (χ1) is 12.4. The molecular weight excluding hydrogens is 402 g/mol. The second-order valence-electron chi connectivity index (χ2n) is 5.38. The fourth-order valence-corrected chi connectivity index (χ4v) is 2.31. The summed E-state index contributed by atoms with van der Waals surface area (Å²) in [7, 11) is 1.55. The SMILES string of the molecule is COc1ccc(NC(=O)C(C)C(=O)N/N=C/c2ccc(O)c(Br)c2)cc1. The van der Waals surface area contributed by atoms with Gasteiger partial charge in [-0.1, -0.05) is 0 Å². The summed E-state index contributed by atoms with van der Waals surface area (Å²) in [6.07, 6.45) is 1.41. The van der Waals surface area contributed by atoms with Crippen LogP contribution in [0.15, 0.2) is 52.0 Å². The summed E-state index contributed by atoms with van der Waals surface area (Å²) < 4.78 is 5.56. The highest BCUT2D eigenvalue weighted by Crippen LogP contribution is 2.23. The summed E-state index contributed by atoms with van der Waals surface area (Å²) in [6, 6.07) is 11.6. The average Bonchev–Trinajstić information content (AvgIpc) is 2.64. The van der Waals surface area contributed by atoms with Crippen molar-refractivity contribution in [2.24, 2.45) is 11.0 Å². The van der Waals surface area contributed by atoms with Crippen LogP contribution in [0, 0.1) is 5.92 Å². The number of rotatable bonds is 6. The molecule has 0 heterocycles. The van der Waals surface area contributed by atoms with E-state index in [2.05, 4.69) is 31.8 Å². The molecule has 1 atom stereocenters. The molecule has 1 unspecified atom stereocenters. The number of methoxy groups -OCH3 is 1. The molecule has 0 aliphatic heterocycles. The lowest BCUT2D eigenvalue weighted by atomic mass is 10.1. The van der Waals surface area contributed by atoms with Gasteiger partial charge in [0.15, 0.2) is 0 Å². The molecule has 8 heteroatoms. The molecule has 0 aromatic heterocycles. The molecule has 136 valence electrons. The van der Waals surface area contributed by atoms with Gasteiger partial charge in [-0.15, -0.1) is 0 Å². The van der Waals surface area contributed by atoms with Crippen molar-refractivity contribution < 1.29 is 19.4 Å². The van der Waals surface area contributed by atoms with Gasteiger partial charge in [-0.05, 0) is 70.9 Å². The fraction of sp³-hybridized carbons (Fsp3) is 0.167. The van der Waals surface area contributed by atoms with Crippen molar-refractivity contribution in [3.05, 3.63) is 52.5 Å². The minimum atomic E-state index is -0.930. The Morgan fingerprint density at radius 3 is 2.50 bits per heavy atom. The van der Waals surface area contributed by atoms with Crippen LogP contribution in [0.1, 0.15) is 12.5 Å². The molecule has 0 spiro atoms. The van der Waals surface area contributed by atoms with Crippen LogP contribution in [0.3, 0.4) is 0 Å². The number of benzene rings is 2. The zero-order valence-electron chi connectivity index (χ0n) is 14.2. The molecule has 3 N–H and O–H groups in total. The molecule has 0 bridgehead atoms. The van der Waals surface area contributed by atoms with E-state index in [1.165, 1.54) is 19.2 Å². The van der Waals surface area contributed by atoms with Crippen molar-refractivity contribution in [3.8, 4) is 11.5 Å². The van der Waals surface area contributed by atoms with E-state index in [1.807, 2.05) is 0 Å². The molecular formula is C18H18BrN3O4. The van der Waals surface area contributed by atoms with Gasteiger partial charge in [-0.3, -0.25) is 9.59 Å². The predicted molar refractivity (Wildman–Crippen MR) is 102 cm³/mol. The van der Waals surface area contributed by atoms with Gasteiger partial charge < -0.3 is 15.2 Å². The van der Waals surface area contributed by atoms with E-state index in [-0.39, 0.29) is 5.75 Å². The number of hydrogen-bond donors (Lipinski definition) is 3. The number of halogens is 1. The Kier molecular flexibility index (Phi) is 6.74. The maximum Gasteiger partial charge on any atom is 0.252 e. The van der Waals surface area contributed by atoms with Gasteiger partial charge in [0.2, 0.25) is 5.91 Å². The number of hydrazone groups is 1. The third-order valence-corrected chi connectivity index (χ3v) is 4.14. The number of aromatic hydroxyl groups is 1. The maximum absolute atomic E-state index is 12.1. The number of nitrogens with one attached hydrogen (secondary N) is 2. The first-order valence-electron chi connectivity index (χ1n) is 7.67. The van der Waals surface area contributed by atoms with Crippen LogP contribution in [0.25, 0.3) is 0 Å². The van der Waals surface area contributed by atoms with Gasteiger partial charge in [0.1, 0.15) is 17.4 Å². The molecule has 0 saturated heterocycles.